The molecule has 6 heteroatoms. The van der Waals surface area contributed by atoms with Crippen molar-refractivity contribution < 1.29 is 9.59 Å². The molecule has 0 fully saturated rings. The molecule has 0 spiro atoms. The second-order valence-electron chi connectivity index (χ2n) is 6.34. The van der Waals surface area contributed by atoms with Crippen molar-refractivity contribution in [3.63, 3.8) is 0 Å². The summed E-state index contributed by atoms with van der Waals surface area (Å²) >= 11 is 5.85. The van der Waals surface area contributed by atoms with Crippen molar-refractivity contribution in [2.45, 2.75) is 32.9 Å². The minimum Gasteiger partial charge on any atom is -0.338 e. The van der Waals surface area contributed by atoms with Gasteiger partial charge in [-0.3, -0.25) is 4.79 Å². The van der Waals surface area contributed by atoms with Crippen LogP contribution in [0.5, 0.6) is 0 Å². The van der Waals surface area contributed by atoms with Crippen LogP contribution in [0.2, 0.25) is 5.02 Å². The third-order valence-corrected chi connectivity index (χ3v) is 4.75. The fourth-order valence-corrected chi connectivity index (χ4v) is 3.16. The number of rotatable bonds is 4. The number of hydrogen-bond acceptors (Lipinski definition) is 2. The van der Waals surface area contributed by atoms with E-state index >= 15 is 0 Å². The van der Waals surface area contributed by atoms with E-state index in [0.717, 1.165) is 29.8 Å². The van der Waals surface area contributed by atoms with E-state index in [1.54, 1.807) is 12.1 Å². The Morgan fingerprint density at radius 1 is 1.12 bits per heavy atom. The number of halogens is 1. The molecule has 136 valence electrons. The van der Waals surface area contributed by atoms with Crippen LogP contribution in [0.3, 0.4) is 0 Å². The van der Waals surface area contributed by atoms with Gasteiger partial charge in [0.25, 0.3) is 0 Å². The van der Waals surface area contributed by atoms with Crippen LogP contribution in [0.1, 0.15) is 30.0 Å². The molecule has 2 aromatic carbocycles. The van der Waals surface area contributed by atoms with Crippen molar-refractivity contribution in [2.24, 2.45) is 0 Å². The van der Waals surface area contributed by atoms with Gasteiger partial charge in [-0.15, -0.1) is 0 Å². The van der Waals surface area contributed by atoms with Crippen LogP contribution in [-0.4, -0.2) is 23.4 Å². The SMILES string of the molecule is CCC(=O)N1CCc2ccc(NC(=O)NCc3ccc(Cl)cc3)cc2C1. The third kappa shape index (κ3) is 4.55. The number of nitrogens with zero attached hydrogens (tertiary/aromatic N) is 1. The summed E-state index contributed by atoms with van der Waals surface area (Å²) in [6.07, 6.45) is 1.37. The highest BCUT2D eigenvalue weighted by Crippen LogP contribution is 2.23. The molecule has 1 aliphatic rings. The average molecular weight is 372 g/mol. The monoisotopic (exact) mass is 371 g/mol. The second kappa shape index (κ2) is 8.23. The predicted molar refractivity (Wildman–Crippen MR) is 103 cm³/mol. The molecule has 0 bridgehead atoms. The van der Waals surface area contributed by atoms with E-state index < -0.39 is 0 Å². The number of fused-ring (bicyclic) bond motifs is 1. The molecule has 0 unspecified atom stereocenters. The van der Waals surface area contributed by atoms with Gasteiger partial charge >= 0.3 is 6.03 Å². The predicted octanol–water partition coefficient (Wildman–Crippen LogP) is 3.96. The summed E-state index contributed by atoms with van der Waals surface area (Å²) in [7, 11) is 0. The molecule has 5 nitrogen and oxygen atoms in total. The molecular formula is C20H22ClN3O2. The number of urea groups is 1. The number of nitrogens with one attached hydrogen (secondary N) is 2. The van der Waals surface area contributed by atoms with Crippen LogP contribution in [0, 0.1) is 0 Å². The van der Waals surface area contributed by atoms with Crippen molar-refractivity contribution in [2.75, 3.05) is 11.9 Å². The van der Waals surface area contributed by atoms with Crippen molar-refractivity contribution >= 4 is 29.2 Å². The zero-order valence-electron chi connectivity index (χ0n) is 14.7. The molecule has 0 saturated carbocycles. The number of amides is 3. The van der Waals surface area contributed by atoms with Crippen molar-refractivity contribution in [3.05, 3.63) is 64.2 Å². The van der Waals surface area contributed by atoms with Gasteiger partial charge < -0.3 is 15.5 Å². The lowest BCUT2D eigenvalue weighted by Crippen LogP contribution is -2.35. The Balaban J connectivity index is 1.59. The summed E-state index contributed by atoms with van der Waals surface area (Å²) in [5.41, 5.74) is 4.03. The van der Waals surface area contributed by atoms with Crippen molar-refractivity contribution in [1.29, 1.82) is 0 Å². The van der Waals surface area contributed by atoms with E-state index in [1.807, 2.05) is 42.2 Å². The molecule has 3 rings (SSSR count). The standard InChI is InChI=1S/C20H22ClN3O2/c1-2-19(25)24-10-9-15-5-8-18(11-16(15)13-24)23-20(26)22-12-14-3-6-17(21)7-4-14/h3-8,11H,2,9-10,12-13H2,1H3,(H2,22,23,26). The summed E-state index contributed by atoms with van der Waals surface area (Å²) < 4.78 is 0. The average Bonchev–Trinajstić information content (AvgIpc) is 2.66. The number of hydrogen-bond donors (Lipinski definition) is 2. The number of carbonyl (C=O) groups excluding carboxylic acids is 2. The highest BCUT2D eigenvalue weighted by Gasteiger charge is 2.19. The molecule has 0 atom stereocenters. The minimum absolute atomic E-state index is 0.162. The summed E-state index contributed by atoms with van der Waals surface area (Å²) in [5, 5.41) is 6.35. The number of carbonyl (C=O) groups is 2. The zero-order chi connectivity index (χ0) is 18.5. The lowest BCUT2D eigenvalue weighted by atomic mass is 9.99. The summed E-state index contributed by atoms with van der Waals surface area (Å²) in [6, 6.07) is 13.0. The number of anilines is 1. The van der Waals surface area contributed by atoms with Gasteiger partial charge in [0, 0.05) is 36.8 Å². The van der Waals surface area contributed by atoms with E-state index in [-0.39, 0.29) is 11.9 Å². The first-order valence-electron chi connectivity index (χ1n) is 8.74. The molecule has 1 heterocycles. The van der Waals surface area contributed by atoms with Gasteiger partial charge in [-0.25, -0.2) is 4.79 Å². The highest BCUT2D eigenvalue weighted by molar-refractivity contribution is 6.30. The summed E-state index contributed by atoms with van der Waals surface area (Å²) in [6.45, 7) is 3.66. The molecule has 2 N–H and O–H groups in total. The van der Waals surface area contributed by atoms with Crippen LogP contribution >= 0.6 is 11.6 Å². The molecular weight excluding hydrogens is 350 g/mol. The van der Waals surface area contributed by atoms with E-state index in [9.17, 15) is 9.59 Å². The van der Waals surface area contributed by atoms with Gasteiger partial charge in [-0.05, 0) is 47.4 Å². The first kappa shape index (κ1) is 18.3. The van der Waals surface area contributed by atoms with Crippen molar-refractivity contribution in [3.8, 4) is 0 Å². The maximum atomic E-state index is 12.1. The maximum absolute atomic E-state index is 12.1. The third-order valence-electron chi connectivity index (χ3n) is 4.50. The lowest BCUT2D eigenvalue weighted by Gasteiger charge is -2.29. The van der Waals surface area contributed by atoms with Crippen LogP contribution in [0.4, 0.5) is 10.5 Å². The van der Waals surface area contributed by atoms with E-state index in [4.69, 9.17) is 11.6 Å². The van der Waals surface area contributed by atoms with Gasteiger partial charge in [0.2, 0.25) is 5.91 Å². The molecule has 1 aliphatic heterocycles. The Morgan fingerprint density at radius 2 is 1.88 bits per heavy atom. The van der Waals surface area contributed by atoms with E-state index in [2.05, 4.69) is 10.6 Å². The summed E-state index contributed by atoms with van der Waals surface area (Å²) in [5.74, 6) is 0.162. The molecule has 0 aromatic heterocycles. The fourth-order valence-electron chi connectivity index (χ4n) is 3.03. The Bertz CT molecular complexity index is 805. The van der Waals surface area contributed by atoms with Gasteiger partial charge in [0.15, 0.2) is 0 Å². The quantitative estimate of drug-likeness (QED) is 0.854. The van der Waals surface area contributed by atoms with Crippen molar-refractivity contribution in [1.82, 2.24) is 10.2 Å². The molecule has 0 aliphatic carbocycles. The largest absolute Gasteiger partial charge is 0.338 e. The molecule has 26 heavy (non-hydrogen) atoms. The minimum atomic E-state index is -0.266. The van der Waals surface area contributed by atoms with Crippen LogP contribution in [0.25, 0.3) is 0 Å². The first-order valence-corrected chi connectivity index (χ1v) is 9.12. The Hall–Kier alpha value is -2.53. The Labute approximate surface area is 158 Å². The number of benzene rings is 2. The van der Waals surface area contributed by atoms with Crippen LogP contribution in [-0.2, 0) is 24.3 Å². The molecule has 0 radical (unpaired) electrons. The summed E-state index contributed by atoms with van der Waals surface area (Å²) in [4.78, 5) is 25.9. The molecule has 0 saturated heterocycles. The van der Waals surface area contributed by atoms with E-state index in [0.29, 0.717) is 24.5 Å². The lowest BCUT2D eigenvalue weighted by molar-refractivity contribution is -0.131. The van der Waals surface area contributed by atoms with Crippen LogP contribution < -0.4 is 10.6 Å². The topological polar surface area (TPSA) is 61.4 Å². The molecule has 3 amide bonds. The fraction of sp³-hybridized carbons (Fsp3) is 0.300. The highest BCUT2D eigenvalue weighted by atomic mass is 35.5. The van der Waals surface area contributed by atoms with Crippen LogP contribution in [0.15, 0.2) is 42.5 Å². The van der Waals surface area contributed by atoms with E-state index in [1.165, 1.54) is 5.56 Å². The van der Waals surface area contributed by atoms with Gasteiger partial charge in [0.1, 0.15) is 0 Å². The van der Waals surface area contributed by atoms with Gasteiger partial charge in [-0.1, -0.05) is 36.7 Å². The van der Waals surface area contributed by atoms with Gasteiger partial charge in [-0.2, -0.15) is 0 Å². The first-order chi connectivity index (χ1) is 12.5. The van der Waals surface area contributed by atoms with Gasteiger partial charge in [0.05, 0.1) is 0 Å². The Kier molecular flexibility index (Phi) is 5.78. The smallest absolute Gasteiger partial charge is 0.319 e. The zero-order valence-corrected chi connectivity index (χ0v) is 15.5. The molecule has 2 aromatic rings. The maximum Gasteiger partial charge on any atom is 0.319 e. The Morgan fingerprint density at radius 3 is 2.62 bits per heavy atom. The normalized spacial score (nSPS) is 13.1. The second-order valence-corrected chi connectivity index (χ2v) is 6.77.